The van der Waals surface area contributed by atoms with Crippen LogP contribution in [0.1, 0.15) is 77.7 Å². The average Bonchev–Trinajstić information content (AvgIpc) is 3.56. The minimum absolute atomic E-state index is 0. The molecule has 0 aliphatic heterocycles. The number of thioether (sulfide) groups is 1. The molecule has 5 nitrogen and oxygen atoms in total. The fraction of sp³-hybridized carbons (Fsp3) is 0.364. The molecule has 0 spiro atoms. The SMILES string of the molecule is Cc1nc2ccc(C=Cc3cccc([C@@H](CCc4ccccc4C(C)(C)O)SCC4(CC(=O)[O-])CC4)c3)nc2s1.[Na+]. The molecule has 1 atom stereocenters. The van der Waals surface area contributed by atoms with E-state index in [-0.39, 0.29) is 46.6 Å². The summed E-state index contributed by atoms with van der Waals surface area (Å²) in [5.41, 5.74) is 5.19. The van der Waals surface area contributed by atoms with E-state index in [0.717, 1.165) is 69.2 Å². The van der Waals surface area contributed by atoms with E-state index in [1.807, 2.05) is 68.9 Å². The van der Waals surface area contributed by atoms with E-state index >= 15 is 0 Å². The monoisotopic (exact) mass is 594 g/mol. The molecule has 5 rings (SSSR count). The first-order valence-electron chi connectivity index (χ1n) is 13.7. The van der Waals surface area contributed by atoms with E-state index in [1.54, 1.807) is 11.3 Å². The normalized spacial score (nSPS) is 15.1. The number of carbonyl (C=O) groups excluding carboxylic acids is 1. The number of aromatic nitrogens is 2. The Balaban J connectivity index is 0.00000387. The summed E-state index contributed by atoms with van der Waals surface area (Å²) in [6, 6.07) is 20.7. The van der Waals surface area contributed by atoms with Crippen LogP contribution in [-0.4, -0.2) is 26.8 Å². The van der Waals surface area contributed by atoms with E-state index in [1.165, 1.54) is 5.56 Å². The smallest absolute Gasteiger partial charge is 0.550 e. The number of aliphatic hydroxyl groups is 1. The molecule has 2 heterocycles. The maximum absolute atomic E-state index is 11.4. The summed E-state index contributed by atoms with van der Waals surface area (Å²) in [6.45, 7) is 5.65. The van der Waals surface area contributed by atoms with E-state index in [9.17, 15) is 15.0 Å². The van der Waals surface area contributed by atoms with Gasteiger partial charge in [0.15, 0.2) is 0 Å². The number of aliphatic carboxylic acids is 1. The van der Waals surface area contributed by atoms with E-state index in [4.69, 9.17) is 4.98 Å². The van der Waals surface area contributed by atoms with Gasteiger partial charge in [0.1, 0.15) is 10.3 Å². The third-order valence-electron chi connectivity index (χ3n) is 7.53. The summed E-state index contributed by atoms with van der Waals surface area (Å²) in [4.78, 5) is 21.5. The van der Waals surface area contributed by atoms with Crippen LogP contribution in [0.25, 0.3) is 22.5 Å². The van der Waals surface area contributed by atoms with Crippen molar-refractivity contribution in [1.82, 2.24) is 9.97 Å². The van der Waals surface area contributed by atoms with Gasteiger partial charge in [-0.3, -0.25) is 0 Å². The number of hydrogen-bond acceptors (Lipinski definition) is 7. The van der Waals surface area contributed by atoms with Crippen molar-refractivity contribution < 1.29 is 44.6 Å². The first kappa shape index (κ1) is 31.9. The predicted octanol–water partition coefficient (Wildman–Crippen LogP) is 3.73. The molecule has 208 valence electrons. The van der Waals surface area contributed by atoms with Gasteiger partial charge in [-0.15, -0.1) is 0 Å². The van der Waals surface area contributed by atoms with Crippen LogP contribution in [0, 0.1) is 12.3 Å². The third kappa shape index (κ3) is 8.53. The summed E-state index contributed by atoms with van der Waals surface area (Å²) in [5.74, 6) is -0.155. The molecule has 4 aromatic rings. The van der Waals surface area contributed by atoms with Crippen molar-refractivity contribution in [2.45, 2.75) is 63.7 Å². The van der Waals surface area contributed by atoms with Crippen molar-refractivity contribution in [2.24, 2.45) is 5.41 Å². The number of rotatable bonds is 12. The van der Waals surface area contributed by atoms with Crippen molar-refractivity contribution in [2.75, 3.05) is 5.75 Å². The Kier molecular flexibility index (Phi) is 10.5. The number of pyridine rings is 1. The van der Waals surface area contributed by atoms with Crippen molar-refractivity contribution in [1.29, 1.82) is 0 Å². The second-order valence-electron chi connectivity index (χ2n) is 11.4. The Morgan fingerprint density at radius 3 is 2.63 bits per heavy atom. The zero-order chi connectivity index (χ0) is 28.3. The van der Waals surface area contributed by atoms with Crippen LogP contribution in [0.3, 0.4) is 0 Å². The Morgan fingerprint density at radius 2 is 1.90 bits per heavy atom. The van der Waals surface area contributed by atoms with Crippen LogP contribution < -0.4 is 34.7 Å². The molecule has 0 bridgehead atoms. The van der Waals surface area contributed by atoms with Gasteiger partial charge in [0.05, 0.1) is 16.3 Å². The van der Waals surface area contributed by atoms with Crippen LogP contribution in [-0.2, 0) is 16.8 Å². The molecule has 1 aliphatic carbocycles. The molecule has 8 heteroatoms. The minimum atomic E-state index is -0.957. The molecule has 1 fully saturated rings. The van der Waals surface area contributed by atoms with Crippen LogP contribution in [0.4, 0.5) is 0 Å². The maximum atomic E-state index is 11.4. The van der Waals surface area contributed by atoms with Gasteiger partial charge < -0.3 is 15.0 Å². The number of carbonyl (C=O) groups is 1. The molecule has 1 aliphatic rings. The minimum Gasteiger partial charge on any atom is -0.550 e. The molecule has 1 N–H and O–H groups in total. The zero-order valence-corrected chi connectivity index (χ0v) is 27.9. The average molecular weight is 595 g/mol. The second kappa shape index (κ2) is 13.5. The number of carboxylic acid groups (broad SMARTS) is 1. The summed E-state index contributed by atoms with van der Waals surface area (Å²) < 4.78 is 0. The first-order chi connectivity index (χ1) is 19.1. The Bertz CT molecular complexity index is 1540. The summed E-state index contributed by atoms with van der Waals surface area (Å²) in [7, 11) is 0. The number of benzene rings is 2. The third-order valence-corrected chi connectivity index (χ3v) is 10.1. The quantitative estimate of drug-likeness (QED) is 0.252. The number of hydrogen-bond donors (Lipinski definition) is 1. The number of carboxylic acids is 1. The van der Waals surface area contributed by atoms with Crippen LogP contribution >= 0.6 is 23.1 Å². The summed E-state index contributed by atoms with van der Waals surface area (Å²) in [6.07, 6.45) is 7.86. The summed E-state index contributed by atoms with van der Waals surface area (Å²) in [5, 5.41) is 23.3. The van der Waals surface area contributed by atoms with Gasteiger partial charge in [0, 0.05) is 11.2 Å². The maximum Gasteiger partial charge on any atom is 1.00 e. The zero-order valence-electron chi connectivity index (χ0n) is 24.2. The Morgan fingerprint density at radius 1 is 1.12 bits per heavy atom. The largest absolute Gasteiger partial charge is 1.00 e. The van der Waals surface area contributed by atoms with E-state index in [0.29, 0.717) is 0 Å². The van der Waals surface area contributed by atoms with Gasteiger partial charge in [0.2, 0.25) is 0 Å². The molecule has 2 aromatic carbocycles. The standard InChI is InChI=1S/C33H36N2O3S2.Na/c1-22-34-28-15-14-26(35-31(28)40-22)13-11-23-7-6-9-25(19-23)29(39-21-33(17-18-33)20-30(36)37)16-12-24-8-4-5-10-27(24)32(2,3)38;/h4-11,13-15,19,29,38H,12,16-18,20-21H2,1-3H3,(H,36,37);/q;+1/p-1/t29-;/m1./s1. The van der Waals surface area contributed by atoms with Gasteiger partial charge in [-0.05, 0) is 105 Å². The number of aryl methyl sites for hydroxylation is 2. The van der Waals surface area contributed by atoms with Crippen LogP contribution in [0.15, 0.2) is 60.7 Å². The molecule has 0 saturated heterocycles. The van der Waals surface area contributed by atoms with Crippen LogP contribution in [0.2, 0.25) is 0 Å². The van der Waals surface area contributed by atoms with Crippen molar-refractivity contribution >= 4 is 51.6 Å². The molecule has 0 unspecified atom stereocenters. The van der Waals surface area contributed by atoms with E-state index < -0.39 is 11.6 Å². The fourth-order valence-electron chi connectivity index (χ4n) is 5.18. The molecule has 2 aromatic heterocycles. The van der Waals surface area contributed by atoms with Crippen molar-refractivity contribution in [3.05, 3.63) is 93.6 Å². The Hall–Kier alpha value is -2.00. The first-order valence-corrected chi connectivity index (χ1v) is 15.6. The number of fused-ring (bicyclic) bond motifs is 1. The van der Waals surface area contributed by atoms with E-state index in [2.05, 4.69) is 41.4 Å². The molecule has 41 heavy (non-hydrogen) atoms. The predicted molar refractivity (Wildman–Crippen MR) is 164 cm³/mol. The molecule has 1 saturated carbocycles. The molecular formula is C33H35N2NaO3S2. The molecular weight excluding hydrogens is 559 g/mol. The van der Waals surface area contributed by atoms with Crippen LogP contribution in [0.5, 0.6) is 0 Å². The number of thiazole rings is 1. The van der Waals surface area contributed by atoms with Crippen molar-refractivity contribution in [3.63, 3.8) is 0 Å². The molecule has 0 amide bonds. The summed E-state index contributed by atoms with van der Waals surface area (Å²) >= 11 is 3.45. The van der Waals surface area contributed by atoms with Gasteiger partial charge in [-0.25, -0.2) is 9.97 Å². The van der Waals surface area contributed by atoms with Gasteiger partial charge in [0.25, 0.3) is 0 Å². The van der Waals surface area contributed by atoms with Gasteiger partial charge in [-0.2, -0.15) is 11.8 Å². The number of nitrogens with zero attached hydrogens (tertiary/aromatic N) is 2. The van der Waals surface area contributed by atoms with Gasteiger partial charge in [-0.1, -0.05) is 65.9 Å². The Labute approximate surface area is 272 Å². The van der Waals surface area contributed by atoms with Crippen molar-refractivity contribution in [3.8, 4) is 0 Å². The second-order valence-corrected chi connectivity index (χ2v) is 13.8. The fourth-order valence-corrected chi connectivity index (χ4v) is 7.54. The molecule has 0 radical (unpaired) electrons. The topological polar surface area (TPSA) is 86.1 Å². The van der Waals surface area contributed by atoms with Gasteiger partial charge >= 0.3 is 29.6 Å².